The Kier molecular flexibility index (Phi) is 7.67. The molecule has 0 radical (unpaired) electrons. The van der Waals surface area contributed by atoms with Gasteiger partial charge in [-0.25, -0.2) is 5.43 Å². The van der Waals surface area contributed by atoms with E-state index in [2.05, 4.69) is 29.7 Å². The number of halogens is 2. The van der Waals surface area contributed by atoms with Gasteiger partial charge in [0.2, 0.25) is 0 Å². The molecule has 0 fully saturated rings. The SMILES string of the molecule is C/C(=N/NC(=O)c1ccc(C(C)C)cc1)c1cccc(NC(=O)c2ccc(Cl)cc2Cl)c1. The third kappa shape index (κ3) is 5.96. The first kappa shape index (κ1) is 23.5. The maximum atomic E-state index is 12.5. The Balaban J connectivity index is 1.68. The zero-order chi connectivity index (χ0) is 23.3. The normalized spacial score (nSPS) is 11.4. The van der Waals surface area contributed by atoms with Gasteiger partial charge in [-0.05, 0) is 66.4 Å². The summed E-state index contributed by atoms with van der Waals surface area (Å²) in [7, 11) is 0. The summed E-state index contributed by atoms with van der Waals surface area (Å²) >= 11 is 12.0. The summed E-state index contributed by atoms with van der Waals surface area (Å²) in [6, 6.07) is 19.3. The fourth-order valence-electron chi connectivity index (χ4n) is 2.98. The second-order valence-electron chi connectivity index (χ2n) is 7.57. The maximum absolute atomic E-state index is 12.5. The summed E-state index contributed by atoms with van der Waals surface area (Å²) in [5.41, 5.74) is 6.52. The summed E-state index contributed by atoms with van der Waals surface area (Å²) < 4.78 is 0. The molecule has 0 saturated carbocycles. The number of hydrazone groups is 1. The first-order valence-corrected chi connectivity index (χ1v) is 10.8. The van der Waals surface area contributed by atoms with Crippen LogP contribution >= 0.6 is 23.2 Å². The van der Waals surface area contributed by atoms with Crippen LogP contribution in [0.15, 0.2) is 71.8 Å². The molecule has 0 saturated heterocycles. The average Bonchev–Trinajstić information content (AvgIpc) is 2.77. The molecule has 0 heterocycles. The van der Waals surface area contributed by atoms with Crippen LogP contribution in [0.3, 0.4) is 0 Å². The minimum Gasteiger partial charge on any atom is -0.322 e. The molecule has 3 aromatic carbocycles. The standard InChI is InChI=1S/C25H23Cl2N3O2/c1-15(2)17-7-9-18(10-8-17)24(31)30-29-16(3)19-5-4-6-21(13-19)28-25(32)22-12-11-20(26)14-23(22)27/h4-15H,1-3H3,(H,28,32)(H,30,31)/b29-16-. The molecule has 164 valence electrons. The van der Waals surface area contributed by atoms with Crippen LogP contribution in [-0.4, -0.2) is 17.5 Å². The molecule has 0 aromatic heterocycles. The highest BCUT2D eigenvalue weighted by Gasteiger charge is 2.12. The Morgan fingerprint density at radius 1 is 0.875 bits per heavy atom. The van der Waals surface area contributed by atoms with Gasteiger partial charge in [-0.3, -0.25) is 9.59 Å². The average molecular weight is 468 g/mol. The third-order valence-electron chi connectivity index (χ3n) is 4.88. The summed E-state index contributed by atoms with van der Waals surface area (Å²) in [5, 5.41) is 7.74. The Morgan fingerprint density at radius 3 is 2.25 bits per heavy atom. The number of hydrogen-bond donors (Lipinski definition) is 2. The molecular weight excluding hydrogens is 445 g/mol. The van der Waals surface area contributed by atoms with Crippen molar-refractivity contribution in [3.8, 4) is 0 Å². The van der Waals surface area contributed by atoms with Crippen LogP contribution in [0.2, 0.25) is 10.0 Å². The van der Waals surface area contributed by atoms with Crippen molar-refractivity contribution in [1.82, 2.24) is 5.43 Å². The fourth-order valence-corrected chi connectivity index (χ4v) is 3.47. The molecule has 0 aliphatic rings. The van der Waals surface area contributed by atoms with Crippen molar-refractivity contribution in [3.63, 3.8) is 0 Å². The Bertz CT molecular complexity index is 1170. The summed E-state index contributed by atoms with van der Waals surface area (Å²) in [6.45, 7) is 5.98. The van der Waals surface area contributed by atoms with Crippen LogP contribution in [0.1, 0.15) is 58.5 Å². The number of carbonyl (C=O) groups is 2. The molecule has 0 bridgehead atoms. The lowest BCUT2D eigenvalue weighted by Crippen LogP contribution is -2.19. The lowest BCUT2D eigenvalue weighted by atomic mass is 10.0. The Labute approximate surface area is 197 Å². The van der Waals surface area contributed by atoms with E-state index in [1.165, 1.54) is 11.6 Å². The topological polar surface area (TPSA) is 70.6 Å². The third-order valence-corrected chi connectivity index (χ3v) is 5.43. The highest BCUT2D eigenvalue weighted by Crippen LogP contribution is 2.22. The monoisotopic (exact) mass is 467 g/mol. The first-order chi connectivity index (χ1) is 15.2. The van der Waals surface area contributed by atoms with Gasteiger partial charge in [0.05, 0.1) is 16.3 Å². The maximum Gasteiger partial charge on any atom is 0.271 e. The molecule has 2 amide bonds. The Hall–Kier alpha value is -3.15. The van der Waals surface area contributed by atoms with Crippen molar-refractivity contribution in [2.45, 2.75) is 26.7 Å². The predicted octanol–water partition coefficient (Wildman–Crippen LogP) is 6.52. The van der Waals surface area contributed by atoms with Gasteiger partial charge < -0.3 is 5.32 Å². The molecule has 5 nitrogen and oxygen atoms in total. The van der Waals surface area contributed by atoms with Crippen molar-refractivity contribution in [1.29, 1.82) is 0 Å². The zero-order valence-electron chi connectivity index (χ0n) is 17.9. The second-order valence-corrected chi connectivity index (χ2v) is 8.42. The van der Waals surface area contributed by atoms with Crippen LogP contribution < -0.4 is 10.7 Å². The number of benzene rings is 3. The van der Waals surface area contributed by atoms with E-state index in [1.807, 2.05) is 18.2 Å². The number of carbonyl (C=O) groups excluding carboxylic acids is 2. The summed E-state index contributed by atoms with van der Waals surface area (Å²) in [4.78, 5) is 24.9. The molecule has 0 atom stereocenters. The van der Waals surface area contributed by atoms with Crippen molar-refractivity contribution < 1.29 is 9.59 Å². The number of rotatable bonds is 6. The largest absolute Gasteiger partial charge is 0.322 e. The van der Waals surface area contributed by atoms with Gasteiger partial charge in [0.15, 0.2) is 0 Å². The predicted molar refractivity (Wildman–Crippen MR) is 131 cm³/mol. The van der Waals surface area contributed by atoms with Gasteiger partial charge in [-0.15, -0.1) is 0 Å². The minimum absolute atomic E-state index is 0.271. The molecule has 32 heavy (non-hydrogen) atoms. The van der Waals surface area contributed by atoms with Crippen LogP contribution in [-0.2, 0) is 0 Å². The highest BCUT2D eigenvalue weighted by molar-refractivity contribution is 6.37. The lowest BCUT2D eigenvalue weighted by molar-refractivity contribution is 0.0954. The summed E-state index contributed by atoms with van der Waals surface area (Å²) in [6.07, 6.45) is 0. The van der Waals surface area contributed by atoms with Crippen LogP contribution in [0.25, 0.3) is 0 Å². The van der Waals surface area contributed by atoms with E-state index in [4.69, 9.17) is 23.2 Å². The van der Waals surface area contributed by atoms with Crippen molar-refractivity contribution in [3.05, 3.63) is 99.0 Å². The van der Waals surface area contributed by atoms with E-state index >= 15 is 0 Å². The van der Waals surface area contributed by atoms with Gasteiger partial charge in [0.1, 0.15) is 0 Å². The van der Waals surface area contributed by atoms with Crippen LogP contribution in [0.5, 0.6) is 0 Å². The minimum atomic E-state index is -0.350. The van der Waals surface area contributed by atoms with Crippen molar-refractivity contribution >= 4 is 46.4 Å². The number of hydrogen-bond acceptors (Lipinski definition) is 3. The number of anilines is 1. The number of amides is 2. The number of nitrogens with zero attached hydrogens (tertiary/aromatic N) is 1. The summed E-state index contributed by atoms with van der Waals surface area (Å²) in [5.74, 6) is -0.242. The number of nitrogens with one attached hydrogen (secondary N) is 2. The fraction of sp³-hybridized carbons (Fsp3) is 0.160. The van der Waals surface area contributed by atoms with E-state index in [1.54, 1.807) is 49.4 Å². The quantitative estimate of drug-likeness (QED) is 0.319. The van der Waals surface area contributed by atoms with E-state index in [-0.39, 0.29) is 16.8 Å². The first-order valence-electron chi connectivity index (χ1n) is 10.1. The molecule has 2 N–H and O–H groups in total. The molecule has 0 aliphatic heterocycles. The smallest absolute Gasteiger partial charge is 0.271 e. The van der Waals surface area contributed by atoms with E-state index in [0.29, 0.717) is 33.5 Å². The van der Waals surface area contributed by atoms with Crippen LogP contribution in [0, 0.1) is 0 Å². The van der Waals surface area contributed by atoms with Crippen molar-refractivity contribution in [2.24, 2.45) is 5.10 Å². The van der Waals surface area contributed by atoms with E-state index < -0.39 is 0 Å². The molecular formula is C25H23Cl2N3O2. The molecule has 0 unspecified atom stereocenters. The van der Waals surface area contributed by atoms with E-state index in [0.717, 1.165) is 5.56 Å². The Morgan fingerprint density at radius 2 is 1.59 bits per heavy atom. The molecule has 0 spiro atoms. The zero-order valence-corrected chi connectivity index (χ0v) is 19.5. The second kappa shape index (κ2) is 10.4. The van der Waals surface area contributed by atoms with Crippen molar-refractivity contribution in [2.75, 3.05) is 5.32 Å². The van der Waals surface area contributed by atoms with E-state index in [9.17, 15) is 9.59 Å². The molecule has 3 aromatic rings. The van der Waals surface area contributed by atoms with Crippen LogP contribution in [0.4, 0.5) is 5.69 Å². The molecule has 7 heteroatoms. The lowest BCUT2D eigenvalue weighted by Gasteiger charge is -2.09. The molecule has 3 rings (SSSR count). The van der Waals surface area contributed by atoms with Gasteiger partial charge >= 0.3 is 0 Å². The van der Waals surface area contributed by atoms with Gasteiger partial charge in [-0.1, -0.05) is 61.3 Å². The van der Waals surface area contributed by atoms with Gasteiger partial charge in [0, 0.05) is 16.3 Å². The van der Waals surface area contributed by atoms with Gasteiger partial charge in [-0.2, -0.15) is 5.10 Å². The molecule has 0 aliphatic carbocycles. The van der Waals surface area contributed by atoms with Gasteiger partial charge in [0.25, 0.3) is 11.8 Å². The highest BCUT2D eigenvalue weighted by atomic mass is 35.5.